The van der Waals surface area contributed by atoms with Crippen LogP contribution in [0.3, 0.4) is 0 Å². The smallest absolute Gasteiger partial charge is 0.317 e. The van der Waals surface area contributed by atoms with Crippen LogP contribution in [0.2, 0.25) is 5.02 Å². The fourth-order valence-electron chi connectivity index (χ4n) is 2.22. The maximum atomic E-state index is 11.9. The predicted octanol–water partition coefficient (Wildman–Crippen LogP) is 1.62. The van der Waals surface area contributed by atoms with Crippen LogP contribution in [0.5, 0.6) is 5.88 Å². The number of carbonyl (C=O) groups excluding carboxylic acids is 1. The number of carboxylic acids is 1. The maximum absolute atomic E-state index is 11.9. The van der Waals surface area contributed by atoms with Gasteiger partial charge in [0.25, 0.3) is 0 Å². The second kappa shape index (κ2) is 7.84. The van der Waals surface area contributed by atoms with Crippen molar-refractivity contribution in [3.8, 4) is 5.88 Å². The summed E-state index contributed by atoms with van der Waals surface area (Å²) in [6.07, 6.45) is 2.55. The van der Waals surface area contributed by atoms with E-state index in [4.69, 9.17) is 21.4 Å². The van der Waals surface area contributed by atoms with Gasteiger partial charge in [-0.1, -0.05) is 11.6 Å². The molecule has 0 aliphatic carbocycles. The summed E-state index contributed by atoms with van der Waals surface area (Å²) in [6.45, 7) is 1.49. The normalized spacial score (nSPS) is 15.4. The molecule has 1 aliphatic heterocycles. The van der Waals surface area contributed by atoms with Crippen LogP contribution in [-0.2, 0) is 4.79 Å². The zero-order valence-electron chi connectivity index (χ0n) is 12.0. The van der Waals surface area contributed by atoms with Crippen molar-refractivity contribution in [3.63, 3.8) is 0 Å². The Bertz CT molecular complexity index is 533. The van der Waals surface area contributed by atoms with Crippen LogP contribution >= 0.6 is 11.6 Å². The van der Waals surface area contributed by atoms with E-state index in [1.807, 2.05) is 0 Å². The summed E-state index contributed by atoms with van der Waals surface area (Å²) >= 11 is 5.90. The third kappa shape index (κ3) is 4.49. The van der Waals surface area contributed by atoms with Gasteiger partial charge in [-0.25, -0.2) is 9.78 Å². The number of amides is 2. The highest BCUT2D eigenvalue weighted by atomic mass is 35.5. The first-order valence-electron chi connectivity index (χ1n) is 7.07. The molecule has 0 unspecified atom stereocenters. The highest BCUT2D eigenvalue weighted by Gasteiger charge is 2.26. The van der Waals surface area contributed by atoms with Gasteiger partial charge in [0.15, 0.2) is 0 Å². The number of ether oxygens (including phenoxy) is 1. The van der Waals surface area contributed by atoms with E-state index >= 15 is 0 Å². The lowest BCUT2D eigenvalue weighted by Crippen LogP contribution is -2.46. The van der Waals surface area contributed by atoms with Crippen molar-refractivity contribution in [2.75, 3.05) is 26.2 Å². The number of carbonyl (C=O) groups is 2. The van der Waals surface area contributed by atoms with Gasteiger partial charge in [0.05, 0.1) is 12.5 Å². The molecule has 1 saturated heterocycles. The fraction of sp³-hybridized carbons (Fsp3) is 0.500. The van der Waals surface area contributed by atoms with Crippen molar-refractivity contribution in [2.45, 2.75) is 12.8 Å². The molecule has 2 amide bonds. The highest BCUT2D eigenvalue weighted by molar-refractivity contribution is 6.31. The maximum Gasteiger partial charge on any atom is 0.317 e. The Morgan fingerprint density at radius 1 is 1.45 bits per heavy atom. The van der Waals surface area contributed by atoms with E-state index in [0.29, 0.717) is 43.4 Å². The first-order valence-corrected chi connectivity index (χ1v) is 7.44. The third-order valence-electron chi connectivity index (χ3n) is 3.47. The Morgan fingerprint density at radius 2 is 2.18 bits per heavy atom. The average Bonchev–Trinajstić information content (AvgIpc) is 2.53. The number of rotatable bonds is 5. The number of pyridine rings is 1. The summed E-state index contributed by atoms with van der Waals surface area (Å²) in [7, 11) is 0. The number of carboxylic acid groups (broad SMARTS) is 1. The molecule has 1 fully saturated rings. The van der Waals surface area contributed by atoms with Gasteiger partial charge in [-0.05, 0) is 25.0 Å². The molecule has 0 aromatic carbocycles. The highest BCUT2D eigenvalue weighted by Crippen LogP contribution is 2.19. The topological polar surface area (TPSA) is 91.8 Å². The van der Waals surface area contributed by atoms with E-state index < -0.39 is 5.97 Å². The standard InChI is InChI=1S/C14H18ClN3O4/c15-11-2-1-5-16-12(11)22-9-6-17-14(21)18-7-3-10(4-8-18)13(19)20/h1-2,5,10H,3-4,6-9H2,(H,17,21)(H,19,20). The van der Waals surface area contributed by atoms with Crippen molar-refractivity contribution in [1.29, 1.82) is 0 Å². The third-order valence-corrected chi connectivity index (χ3v) is 3.76. The molecule has 22 heavy (non-hydrogen) atoms. The van der Waals surface area contributed by atoms with Crippen molar-refractivity contribution in [3.05, 3.63) is 23.4 Å². The van der Waals surface area contributed by atoms with Crippen molar-refractivity contribution < 1.29 is 19.4 Å². The van der Waals surface area contributed by atoms with Gasteiger partial charge in [-0.15, -0.1) is 0 Å². The summed E-state index contributed by atoms with van der Waals surface area (Å²) in [5, 5.41) is 12.1. The number of aliphatic carboxylic acids is 1. The lowest BCUT2D eigenvalue weighted by Gasteiger charge is -2.30. The molecule has 1 aliphatic rings. The Balaban J connectivity index is 1.66. The molecule has 0 spiro atoms. The van der Waals surface area contributed by atoms with E-state index in [-0.39, 0.29) is 18.6 Å². The number of likely N-dealkylation sites (tertiary alicyclic amines) is 1. The molecule has 1 aromatic heterocycles. The number of urea groups is 1. The molecule has 0 saturated carbocycles. The van der Waals surface area contributed by atoms with Crippen molar-refractivity contribution >= 4 is 23.6 Å². The van der Waals surface area contributed by atoms with E-state index in [1.165, 1.54) is 0 Å². The number of nitrogens with zero attached hydrogens (tertiary/aromatic N) is 2. The van der Waals surface area contributed by atoms with Crippen molar-refractivity contribution in [2.24, 2.45) is 5.92 Å². The monoisotopic (exact) mass is 327 g/mol. The largest absolute Gasteiger partial charge is 0.481 e. The molecular formula is C14H18ClN3O4. The summed E-state index contributed by atoms with van der Waals surface area (Å²) < 4.78 is 5.37. The Morgan fingerprint density at radius 3 is 2.82 bits per heavy atom. The first-order chi connectivity index (χ1) is 10.6. The molecule has 2 heterocycles. The van der Waals surface area contributed by atoms with Crippen LogP contribution in [-0.4, -0.2) is 53.2 Å². The zero-order valence-corrected chi connectivity index (χ0v) is 12.8. The molecular weight excluding hydrogens is 310 g/mol. The lowest BCUT2D eigenvalue weighted by atomic mass is 9.97. The molecule has 8 heteroatoms. The molecule has 2 rings (SSSR count). The number of nitrogens with one attached hydrogen (secondary N) is 1. The van der Waals surface area contributed by atoms with Gasteiger partial charge in [0.2, 0.25) is 5.88 Å². The number of hydrogen-bond donors (Lipinski definition) is 2. The van der Waals surface area contributed by atoms with E-state index in [2.05, 4.69) is 10.3 Å². The summed E-state index contributed by atoms with van der Waals surface area (Å²) in [5.74, 6) is -0.805. The molecule has 1 aromatic rings. The van der Waals surface area contributed by atoms with Gasteiger partial charge in [0.1, 0.15) is 11.6 Å². The Kier molecular flexibility index (Phi) is 5.83. The zero-order chi connectivity index (χ0) is 15.9. The summed E-state index contributed by atoms with van der Waals surface area (Å²) in [6, 6.07) is 3.17. The van der Waals surface area contributed by atoms with Crippen LogP contribution in [0.25, 0.3) is 0 Å². The van der Waals surface area contributed by atoms with Crippen LogP contribution in [0.15, 0.2) is 18.3 Å². The lowest BCUT2D eigenvalue weighted by molar-refractivity contribution is -0.143. The molecule has 120 valence electrons. The van der Waals surface area contributed by atoms with E-state index in [0.717, 1.165) is 0 Å². The van der Waals surface area contributed by atoms with Crippen LogP contribution in [0.1, 0.15) is 12.8 Å². The fourth-order valence-corrected chi connectivity index (χ4v) is 2.40. The van der Waals surface area contributed by atoms with Crippen LogP contribution < -0.4 is 10.1 Å². The quantitative estimate of drug-likeness (QED) is 0.802. The SMILES string of the molecule is O=C(O)C1CCN(C(=O)NCCOc2ncccc2Cl)CC1. The Hall–Kier alpha value is -2.02. The predicted molar refractivity (Wildman–Crippen MR) is 80.1 cm³/mol. The molecule has 7 nitrogen and oxygen atoms in total. The van der Waals surface area contributed by atoms with Gasteiger partial charge >= 0.3 is 12.0 Å². The van der Waals surface area contributed by atoms with Crippen molar-refractivity contribution in [1.82, 2.24) is 15.2 Å². The minimum atomic E-state index is -0.791. The van der Waals surface area contributed by atoms with Gasteiger partial charge in [-0.3, -0.25) is 4.79 Å². The minimum absolute atomic E-state index is 0.209. The van der Waals surface area contributed by atoms with Gasteiger partial charge < -0.3 is 20.1 Å². The summed E-state index contributed by atoms with van der Waals surface area (Å²) in [4.78, 5) is 28.4. The van der Waals surface area contributed by atoms with Crippen LogP contribution in [0.4, 0.5) is 4.79 Å². The minimum Gasteiger partial charge on any atom is -0.481 e. The number of hydrogen-bond acceptors (Lipinski definition) is 4. The van der Waals surface area contributed by atoms with Gasteiger partial charge in [-0.2, -0.15) is 0 Å². The summed E-state index contributed by atoms with van der Waals surface area (Å²) in [5.41, 5.74) is 0. The van der Waals surface area contributed by atoms with Gasteiger partial charge in [0, 0.05) is 19.3 Å². The number of piperidine rings is 1. The molecule has 0 atom stereocenters. The van der Waals surface area contributed by atoms with E-state index in [1.54, 1.807) is 23.2 Å². The molecule has 0 radical (unpaired) electrons. The number of aromatic nitrogens is 1. The molecule has 0 bridgehead atoms. The van der Waals surface area contributed by atoms with E-state index in [9.17, 15) is 9.59 Å². The molecule has 2 N–H and O–H groups in total. The second-order valence-corrected chi connectivity index (χ2v) is 5.38. The second-order valence-electron chi connectivity index (χ2n) is 4.97. The Labute approximate surface area is 133 Å². The number of halogens is 1. The first kappa shape index (κ1) is 16.4. The van der Waals surface area contributed by atoms with Crippen LogP contribution in [0, 0.1) is 5.92 Å². The average molecular weight is 328 g/mol.